The van der Waals surface area contributed by atoms with E-state index in [0.717, 1.165) is 24.0 Å². The molecule has 15 nitrogen and oxygen atoms in total. The number of nitrogens with zero attached hydrogens (tertiary/aromatic N) is 3. The number of fused-ring (bicyclic) bond motifs is 3. The topological polar surface area (TPSA) is 184 Å². The number of hydrogen-bond acceptors (Lipinski definition) is 9. The molecule has 6 rings (SSSR count). The van der Waals surface area contributed by atoms with Crippen molar-refractivity contribution in [2.45, 2.75) is 121 Å². The van der Waals surface area contributed by atoms with Gasteiger partial charge in [0.25, 0.3) is 5.91 Å². The highest BCUT2D eigenvalue weighted by Crippen LogP contribution is 2.46. The van der Waals surface area contributed by atoms with Gasteiger partial charge in [0, 0.05) is 43.5 Å². The molecule has 4 heterocycles. The number of nitrogens with one attached hydrogen (secondary N) is 3. The Kier molecular flexibility index (Phi) is 11.3. The van der Waals surface area contributed by atoms with Crippen LogP contribution in [0.5, 0.6) is 0 Å². The van der Waals surface area contributed by atoms with E-state index < -0.39 is 75.4 Å². The molecule has 0 unspecified atom stereocenters. The van der Waals surface area contributed by atoms with Gasteiger partial charge in [-0.1, -0.05) is 42.7 Å². The van der Waals surface area contributed by atoms with Gasteiger partial charge in [0.2, 0.25) is 11.8 Å². The first-order valence-electron chi connectivity index (χ1n) is 18.4. The average molecular weight is 777 g/mol. The molecule has 1 saturated carbocycles. The van der Waals surface area contributed by atoms with Crippen LogP contribution in [0, 0.1) is 5.92 Å². The van der Waals surface area contributed by atoms with E-state index in [1.807, 2.05) is 18.2 Å². The molecule has 0 spiro atoms. The third-order valence-electron chi connectivity index (χ3n) is 10.4. The quantitative estimate of drug-likeness (QED) is 0.377. The Morgan fingerprint density at radius 3 is 2.49 bits per heavy atom. The monoisotopic (exact) mass is 776 g/mol. The third-order valence-corrected chi connectivity index (χ3v) is 12.1. The SMILES string of the molecule is CC(C)(C)OC(=O)N[C@H]1CCCCCC=C[C@@H]2C[C@@]2(C(=O)NS(=O)(=O)N2CCCC2)NC(=O)[C@@H]2C[C@@H](OC(=O)N3Cc4ccc(Cl)cc4C3)CN2C1=O. The number of hydrogen-bond donors (Lipinski definition) is 3. The van der Waals surface area contributed by atoms with Gasteiger partial charge in [-0.15, -0.1) is 0 Å². The van der Waals surface area contributed by atoms with Crippen LogP contribution in [0.15, 0.2) is 30.4 Å². The molecule has 5 atom stereocenters. The van der Waals surface area contributed by atoms with Crippen molar-refractivity contribution in [3.63, 3.8) is 0 Å². The molecule has 0 aromatic heterocycles. The van der Waals surface area contributed by atoms with E-state index in [4.69, 9.17) is 21.1 Å². The van der Waals surface area contributed by atoms with Crippen molar-refractivity contribution >= 4 is 51.7 Å². The molecular formula is C36H49ClN6O9S. The standard InChI is InChI=1S/C36H49ClN6O9S/c1-35(2,3)52-33(47)38-28-12-8-6-4-5-7-11-25-19-36(25,32(46)40-53(49,50)42-15-9-10-16-42)39-30(44)29-18-27(22-43(29)31(28)45)51-34(48)41-20-23-13-14-26(37)17-24(23)21-41/h7,11,13-14,17,25,27-29H,4-6,8-10,12,15-16,18-22H2,1-3H3,(H,38,47)(H,39,44)(H,40,46)/t25-,27-,28+,29+,36-/m1/s1. The van der Waals surface area contributed by atoms with Crippen LogP contribution in [0.25, 0.3) is 0 Å². The van der Waals surface area contributed by atoms with E-state index in [9.17, 15) is 32.4 Å². The van der Waals surface area contributed by atoms with E-state index in [1.54, 1.807) is 32.9 Å². The second-order valence-electron chi connectivity index (χ2n) is 15.6. The number of ether oxygens (including phenoxy) is 2. The van der Waals surface area contributed by atoms with Crippen molar-refractivity contribution in [2.75, 3.05) is 19.6 Å². The molecule has 1 aliphatic carbocycles. The number of carbonyl (C=O) groups excluding carboxylic acids is 5. The Labute approximate surface area is 315 Å². The number of alkyl carbamates (subject to hydrolysis) is 1. The maximum Gasteiger partial charge on any atom is 0.410 e. The molecule has 53 heavy (non-hydrogen) atoms. The fourth-order valence-electron chi connectivity index (χ4n) is 7.53. The summed E-state index contributed by atoms with van der Waals surface area (Å²) in [6.07, 6.45) is 5.92. The maximum atomic E-state index is 14.4. The van der Waals surface area contributed by atoms with Crippen LogP contribution in [0.4, 0.5) is 9.59 Å². The lowest BCUT2D eigenvalue weighted by Crippen LogP contribution is -2.59. The Morgan fingerprint density at radius 2 is 1.75 bits per heavy atom. The lowest BCUT2D eigenvalue weighted by atomic mass is 10.0. The normalized spacial score (nSPS) is 28.2. The summed E-state index contributed by atoms with van der Waals surface area (Å²) in [6, 6.07) is 3.14. The van der Waals surface area contributed by atoms with Crippen molar-refractivity contribution in [1.82, 2.24) is 29.5 Å². The Balaban J connectivity index is 1.25. The van der Waals surface area contributed by atoms with Crippen molar-refractivity contribution in [2.24, 2.45) is 5.92 Å². The predicted molar refractivity (Wildman–Crippen MR) is 193 cm³/mol. The first-order valence-corrected chi connectivity index (χ1v) is 20.2. The van der Waals surface area contributed by atoms with Crippen LogP contribution < -0.4 is 15.4 Å². The maximum absolute atomic E-state index is 14.4. The highest BCUT2D eigenvalue weighted by atomic mass is 35.5. The van der Waals surface area contributed by atoms with Crippen LogP contribution in [0.3, 0.4) is 0 Å². The summed E-state index contributed by atoms with van der Waals surface area (Å²) in [6.45, 7) is 6.15. The van der Waals surface area contributed by atoms with Gasteiger partial charge in [0.15, 0.2) is 0 Å². The van der Waals surface area contributed by atoms with Gasteiger partial charge < -0.3 is 25.0 Å². The van der Waals surface area contributed by atoms with Crippen LogP contribution in [-0.4, -0.2) is 101 Å². The van der Waals surface area contributed by atoms with Gasteiger partial charge in [0.05, 0.1) is 6.54 Å². The summed E-state index contributed by atoms with van der Waals surface area (Å²) in [7, 11) is -4.14. The summed E-state index contributed by atoms with van der Waals surface area (Å²) in [4.78, 5) is 71.6. The average Bonchev–Trinajstić information content (AvgIpc) is 3.53. The van der Waals surface area contributed by atoms with Crippen molar-refractivity contribution in [3.8, 4) is 0 Å². The lowest BCUT2D eigenvalue weighted by Gasteiger charge is -2.30. The highest BCUT2D eigenvalue weighted by Gasteiger charge is 2.62. The van der Waals surface area contributed by atoms with E-state index in [1.165, 1.54) is 14.1 Å². The van der Waals surface area contributed by atoms with Gasteiger partial charge in [-0.05, 0) is 82.6 Å². The number of allylic oxidation sites excluding steroid dienone is 1. The molecule has 3 N–H and O–H groups in total. The number of rotatable bonds is 5. The van der Waals surface area contributed by atoms with Crippen molar-refractivity contribution in [1.29, 1.82) is 0 Å². The number of benzene rings is 1. The lowest BCUT2D eigenvalue weighted by molar-refractivity contribution is -0.141. The highest BCUT2D eigenvalue weighted by molar-refractivity contribution is 7.87. The minimum absolute atomic E-state index is 0.0840. The summed E-state index contributed by atoms with van der Waals surface area (Å²) >= 11 is 6.16. The molecular weight excluding hydrogens is 728 g/mol. The van der Waals surface area contributed by atoms with Gasteiger partial charge in [-0.3, -0.25) is 19.3 Å². The van der Waals surface area contributed by atoms with E-state index in [2.05, 4.69) is 15.4 Å². The summed E-state index contributed by atoms with van der Waals surface area (Å²) < 4.78 is 41.0. The third kappa shape index (κ3) is 9.08. The summed E-state index contributed by atoms with van der Waals surface area (Å²) in [5.74, 6) is -2.59. The molecule has 5 aliphatic rings. The van der Waals surface area contributed by atoms with Crippen LogP contribution >= 0.6 is 11.6 Å². The van der Waals surface area contributed by atoms with Crippen molar-refractivity contribution in [3.05, 3.63) is 46.5 Å². The minimum Gasteiger partial charge on any atom is -0.444 e. The van der Waals surface area contributed by atoms with Crippen LogP contribution in [-0.2, 0) is 47.2 Å². The molecule has 4 aliphatic heterocycles. The fraction of sp³-hybridized carbons (Fsp3) is 0.639. The molecule has 1 aromatic rings. The summed E-state index contributed by atoms with van der Waals surface area (Å²) in [5.41, 5.74) is -0.574. The van der Waals surface area contributed by atoms with Crippen molar-refractivity contribution < 1.29 is 41.9 Å². The zero-order valence-corrected chi connectivity index (χ0v) is 32.0. The largest absolute Gasteiger partial charge is 0.444 e. The second kappa shape index (κ2) is 15.5. The van der Waals surface area contributed by atoms with Gasteiger partial charge >= 0.3 is 22.4 Å². The zero-order valence-electron chi connectivity index (χ0n) is 30.4. The predicted octanol–water partition coefficient (Wildman–Crippen LogP) is 3.51. The molecule has 3 fully saturated rings. The second-order valence-corrected chi connectivity index (χ2v) is 17.7. The number of halogens is 1. The number of amides is 5. The zero-order chi connectivity index (χ0) is 38.1. The molecule has 0 bridgehead atoms. The molecule has 290 valence electrons. The Bertz CT molecular complexity index is 1760. The van der Waals surface area contributed by atoms with Gasteiger partial charge in [0.1, 0.15) is 29.3 Å². The molecule has 5 amide bonds. The molecule has 0 radical (unpaired) electrons. The fourth-order valence-corrected chi connectivity index (χ4v) is 9.00. The van der Waals surface area contributed by atoms with E-state index in [0.29, 0.717) is 50.3 Å². The van der Waals surface area contributed by atoms with Gasteiger partial charge in [-0.2, -0.15) is 12.7 Å². The minimum atomic E-state index is -4.14. The first kappa shape index (κ1) is 38.8. The van der Waals surface area contributed by atoms with E-state index in [-0.39, 0.29) is 32.4 Å². The molecule has 17 heteroatoms. The summed E-state index contributed by atoms with van der Waals surface area (Å²) in [5, 5.41) is 6.06. The van der Waals surface area contributed by atoms with Gasteiger partial charge in [-0.25, -0.2) is 14.3 Å². The Hall–Kier alpha value is -3.89. The molecule has 2 saturated heterocycles. The van der Waals surface area contributed by atoms with Crippen LogP contribution in [0.2, 0.25) is 5.02 Å². The van der Waals surface area contributed by atoms with E-state index >= 15 is 0 Å². The smallest absolute Gasteiger partial charge is 0.410 e. The molecule has 1 aromatic carbocycles. The first-order chi connectivity index (χ1) is 25.0. The Morgan fingerprint density at radius 1 is 1.02 bits per heavy atom. The van der Waals surface area contributed by atoms with Crippen LogP contribution in [0.1, 0.15) is 89.7 Å². The number of carbonyl (C=O) groups is 5.